The van der Waals surface area contributed by atoms with Crippen molar-refractivity contribution in [3.8, 4) is 0 Å². The fraction of sp³-hybridized carbons (Fsp3) is 0.222. The van der Waals surface area contributed by atoms with Crippen LogP contribution in [0.4, 0.5) is 0 Å². The number of rotatable bonds is 4. The molecule has 2 heteroatoms. The van der Waals surface area contributed by atoms with Crippen LogP contribution in [0.15, 0.2) is 54.6 Å². The Bertz CT molecular complexity index is 711. The Labute approximate surface area is 119 Å². The standard InChI is InChI=1S/C18H20N2/c1-20-17-10-6-5-9-15(17)16(13-19)18(20)12-11-14-7-3-2-4-8-14/h2-10H,11-13,19H2,1H3. The fourth-order valence-corrected chi connectivity index (χ4v) is 2.98. The van der Waals surface area contributed by atoms with E-state index in [2.05, 4.69) is 66.2 Å². The van der Waals surface area contributed by atoms with Crippen molar-refractivity contribution in [2.24, 2.45) is 12.8 Å². The molecule has 20 heavy (non-hydrogen) atoms. The number of fused-ring (bicyclic) bond motifs is 1. The molecule has 0 bridgehead atoms. The van der Waals surface area contributed by atoms with Gasteiger partial charge in [0.25, 0.3) is 0 Å². The molecule has 0 unspecified atom stereocenters. The predicted molar refractivity (Wildman–Crippen MR) is 84.7 cm³/mol. The maximum absolute atomic E-state index is 5.99. The van der Waals surface area contributed by atoms with Crippen LogP contribution in [0.25, 0.3) is 10.9 Å². The normalized spacial score (nSPS) is 11.1. The van der Waals surface area contributed by atoms with E-state index in [9.17, 15) is 0 Å². The van der Waals surface area contributed by atoms with Crippen LogP contribution in [0, 0.1) is 0 Å². The van der Waals surface area contributed by atoms with Gasteiger partial charge < -0.3 is 10.3 Å². The Balaban J connectivity index is 1.96. The van der Waals surface area contributed by atoms with Crippen LogP contribution in [0.3, 0.4) is 0 Å². The lowest BCUT2D eigenvalue weighted by atomic mass is 10.0. The summed E-state index contributed by atoms with van der Waals surface area (Å²) in [5.74, 6) is 0. The molecule has 3 rings (SSSR count). The molecule has 0 fully saturated rings. The van der Waals surface area contributed by atoms with Crippen LogP contribution in [0.2, 0.25) is 0 Å². The molecular weight excluding hydrogens is 244 g/mol. The van der Waals surface area contributed by atoms with Gasteiger partial charge in [0.15, 0.2) is 0 Å². The Morgan fingerprint density at radius 3 is 2.35 bits per heavy atom. The molecule has 2 N–H and O–H groups in total. The first-order valence-electron chi connectivity index (χ1n) is 7.10. The molecular formula is C18H20N2. The zero-order chi connectivity index (χ0) is 13.9. The average Bonchev–Trinajstić information content (AvgIpc) is 2.78. The minimum absolute atomic E-state index is 0.603. The summed E-state index contributed by atoms with van der Waals surface area (Å²) in [7, 11) is 2.14. The number of benzene rings is 2. The van der Waals surface area contributed by atoms with Crippen LogP contribution in [0.1, 0.15) is 16.8 Å². The van der Waals surface area contributed by atoms with E-state index in [1.165, 1.54) is 27.7 Å². The lowest BCUT2D eigenvalue weighted by Gasteiger charge is -2.07. The number of aryl methyl sites for hydroxylation is 2. The summed E-state index contributed by atoms with van der Waals surface area (Å²) in [6.07, 6.45) is 2.08. The van der Waals surface area contributed by atoms with Crippen molar-refractivity contribution in [2.75, 3.05) is 0 Å². The summed E-state index contributed by atoms with van der Waals surface area (Å²) in [6.45, 7) is 0.603. The van der Waals surface area contributed by atoms with E-state index in [-0.39, 0.29) is 0 Å². The molecule has 0 spiro atoms. The molecule has 0 aliphatic carbocycles. The third-order valence-electron chi connectivity index (χ3n) is 4.04. The Hall–Kier alpha value is -2.06. The SMILES string of the molecule is Cn1c(CCc2ccccc2)c(CN)c2ccccc21. The molecule has 0 saturated carbocycles. The molecule has 0 aliphatic rings. The van der Waals surface area contributed by atoms with Crippen LogP contribution in [0.5, 0.6) is 0 Å². The second-order valence-electron chi connectivity index (χ2n) is 5.19. The maximum Gasteiger partial charge on any atom is 0.0483 e. The molecule has 0 atom stereocenters. The molecule has 102 valence electrons. The summed E-state index contributed by atoms with van der Waals surface area (Å²) in [6, 6.07) is 19.1. The zero-order valence-electron chi connectivity index (χ0n) is 11.8. The van der Waals surface area contributed by atoms with Crippen molar-refractivity contribution in [3.63, 3.8) is 0 Å². The summed E-state index contributed by atoms with van der Waals surface area (Å²) in [5, 5.41) is 1.29. The van der Waals surface area contributed by atoms with Gasteiger partial charge in [-0.3, -0.25) is 0 Å². The third-order valence-corrected chi connectivity index (χ3v) is 4.04. The third kappa shape index (κ3) is 2.23. The highest BCUT2D eigenvalue weighted by Gasteiger charge is 2.13. The minimum Gasteiger partial charge on any atom is -0.347 e. The summed E-state index contributed by atoms with van der Waals surface area (Å²) in [5.41, 5.74) is 11.3. The maximum atomic E-state index is 5.99. The number of hydrogen-bond donors (Lipinski definition) is 1. The number of nitrogens with two attached hydrogens (primary N) is 1. The first-order valence-corrected chi connectivity index (χ1v) is 7.10. The summed E-state index contributed by atoms with van der Waals surface area (Å²) < 4.78 is 2.29. The average molecular weight is 264 g/mol. The second kappa shape index (κ2) is 5.51. The van der Waals surface area contributed by atoms with Crippen LogP contribution < -0.4 is 5.73 Å². The van der Waals surface area contributed by atoms with Crippen molar-refractivity contribution in [1.29, 1.82) is 0 Å². The van der Waals surface area contributed by atoms with Crippen molar-refractivity contribution >= 4 is 10.9 Å². The summed E-state index contributed by atoms with van der Waals surface area (Å²) in [4.78, 5) is 0. The molecule has 3 aromatic rings. The van der Waals surface area contributed by atoms with Gasteiger partial charge in [-0.05, 0) is 30.0 Å². The minimum atomic E-state index is 0.603. The Kier molecular flexibility index (Phi) is 3.57. The number of aromatic nitrogens is 1. The smallest absolute Gasteiger partial charge is 0.0483 e. The van der Waals surface area contributed by atoms with Gasteiger partial charge in [-0.1, -0.05) is 48.5 Å². The van der Waals surface area contributed by atoms with Crippen molar-refractivity contribution in [2.45, 2.75) is 19.4 Å². The number of para-hydroxylation sites is 1. The molecule has 1 aromatic heterocycles. The van der Waals surface area contributed by atoms with Crippen molar-refractivity contribution in [3.05, 3.63) is 71.4 Å². The molecule has 1 heterocycles. The molecule has 2 nitrogen and oxygen atoms in total. The van der Waals surface area contributed by atoms with E-state index < -0.39 is 0 Å². The predicted octanol–water partition coefficient (Wildman–Crippen LogP) is 3.42. The van der Waals surface area contributed by atoms with E-state index in [1.807, 2.05) is 0 Å². The Morgan fingerprint density at radius 2 is 1.60 bits per heavy atom. The van der Waals surface area contributed by atoms with Gasteiger partial charge in [-0.25, -0.2) is 0 Å². The first-order chi connectivity index (χ1) is 9.81. The Morgan fingerprint density at radius 1 is 0.900 bits per heavy atom. The molecule has 2 aromatic carbocycles. The van der Waals surface area contributed by atoms with E-state index in [1.54, 1.807) is 0 Å². The monoisotopic (exact) mass is 264 g/mol. The topological polar surface area (TPSA) is 30.9 Å². The first kappa shape index (κ1) is 12.9. The van der Waals surface area contributed by atoms with E-state index in [4.69, 9.17) is 5.73 Å². The van der Waals surface area contributed by atoms with E-state index >= 15 is 0 Å². The van der Waals surface area contributed by atoms with Gasteiger partial charge in [0.2, 0.25) is 0 Å². The number of nitrogens with zero attached hydrogens (tertiary/aromatic N) is 1. The van der Waals surface area contributed by atoms with Gasteiger partial charge in [-0.15, -0.1) is 0 Å². The van der Waals surface area contributed by atoms with Crippen molar-refractivity contribution in [1.82, 2.24) is 4.57 Å². The van der Waals surface area contributed by atoms with Gasteiger partial charge in [0.05, 0.1) is 0 Å². The lowest BCUT2D eigenvalue weighted by molar-refractivity contribution is 0.801. The van der Waals surface area contributed by atoms with E-state index in [0.717, 1.165) is 12.8 Å². The van der Waals surface area contributed by atoms with Gasteiger partial charge in [0.1, 0.15) is 0 Å². The second-order valence-corrected chi connectivity index (χ2v) is 5.19. The highest BCUT2D eigenvalue weighted by atomic mass is 15.0. The molecule has 0 amide bonds. The van der Waals surface area contributed by atoms with Gasteiger partial charge in [0, 0.05) is 30.2 Å². The fourth-order valence-electron chi connectivity index (χ4n) is 2.98. The largest absolute Gasteiger partial charge is 0.347 e. The highest BCUT2D eigenvalue weighted by molar-refractivity contribution is 5.85. The zero-order valence-corrected chi connectivity index (χ0v) is 11.8. The molecule has 0 aliphatic heterocycles. The lowest BCUT2D eigenvalue weighted by Crippen LogP contribution is -2.05. The number of hydrogen-bond acceptors (Lipinski definition) is 1. The highest BCUT2D eigenvalue weighted by Crippen LogP contribution is 2.26. The van der Waals surface area contributed by atoms with Crippen LogP contribution in [-0.4, -0.2) is 4.57 Å². The molecule has 0 radical (unpaired) electrons. The van der Waals surface area contributed by atoms with Crippen LogP contribution >= 0.6 is 0 Å². The molecule has 0 saturated heterocycles. The van der Waals surface area contributed by atoms with Crippen LogP contribution in [-0.2, 0) is 26.4 Å². The quantitative estimate of drug-likeness (QED) is 0.769. The van der Waals surface area contributed by atoms with Gasteiger partial charge in [-0.2, -0.15) is 0 Å². The van der Waals surface area contributed by atoms with E-state index in [0.29, 0.717) is 6.54 Å². The van der Waals surface area contributed by atoms with Gasteiger partial charge >= 0.3 is 0 Å². The summed E-state index contributed by atoms with van der Waals surface area (Å²) >= 11 is 0. The van der Waals surface area contributed by atoms with Crippen molar-refractivity contribution < 1.29 is 0 Å².